The number of esters is 3. The molecule has 1 unspecified atom stereocenters. The van der Waals surface area contributed by atoms with E-state index in [4.69, 9.17) is 14.2 Å². The highest BCUT2D eigenvalue weighted by Crippen LogP contribution is 2.17. The summed E-state index contributed by atoms with van der Waals surface area (Å²) >= 11 is 0. The van der Waals surface area contributed by atoms with E-state index in [1.807, 2.05) is 0 Å². The van der Waals surface area contributed by atoms with Crippen molar-refractivity contribution in [3.8, 4) is 0 Å². The zero-order valence-corrected chi connectivity index (χ0v) is 52.2. The highest BCUT2D eigenvalue weighted by Gasteiger charge is 2.19. The number of allylic oxidation sites excluding steroid dienone is 10. The standard InChI is InChI=1S/C72H130O6/c1-4-7-10-13-16-19-22-25-27-29-31-32-33-34-35-36-37-38-39-40-42-43-45-47-50-53-56-59-62-65-71(74)77-68-69(67-76-70(73)64-61-58-55-52-49-24-21-18-15-12-9-6-3)78-72(75)66-63-60-57-54-51-48-46-44-41-30-28-26-23-20-17-14-11-8-5-2/h17-18,20-22,25-26,28-29,31,69H,4-16,19,23-24,27,30,32-68H2,1-3H3/b20-17-,21-18-,25-22-,28-26-,31-29-. The summed E-state index contributed by atoms with van der Waals surface area (Å²) < 4.78 is 16.9. The van der Waals surface area contributed by atoms with E-state index in [0.29, 0.717) is 19.3 Å². The van der Waals surface area contributed by atoms with Crippen molar-refractivity contribution in [2.75, 3.05) is 13.2 Å². The highest BCUT2D eigenvalue weighted by atomic mass is 16.6. The third kappa shape index (κ3) is 63.9. The number of carbonyl (C=O) groups excluding carboxylic acids is 3. The number of ether oxygens (including phenoxy) is 3. The van der Waals surface area contributed by atoms with E-state index in [0.717, 1.165) is 77.0 Å². The first-order valence-corrected chi connectivity index (χ1v) is 34.3. The van der Waals surface area contributed by atoms with Gasteiger partial charge in [-0.05, 0) is 109 Å². The maximum atomic E-state index is 12.9. The summed E-state index contributed by atoms with van der Waals surface area (Å²) in [7, 11) is 0. The molecule has 0 radical (unpaired) electrons. The van der Waals surface area contributed by atoms with Crippen LogP contribution in [-0.2, 0) is 28.6 Å². The Bertz CT molecular complexity index is 1390. The summed E-state index contributed by atoms with van der Waals surface area (Å²) in [5, 5.41) is 0. The van der Waals surface area contributed by atoms with Crippen molar-refractivity contribution in [1.29, 1.82) is 0 Å². The number of rotatable bonds is 63. The van der Waals surface area contributed by atoms with E-state index in [-0.39, 0.29) is 31.1 Å². The number of unbranched alkanes of at least 4 members (excludes halogenated alkanes) is 42. The average molecular weight is 1090 g/mol. The van der Waals surface area contributed by atoms with Crippen LogP contribution in [0.2, 0.25) is 0 Å². The SMILES string of the molecule is CCCCC/C=C\C/C=C\CCCCCCCCCCCC(=O)OC(COC(=O)CCCCCCC/C=C\CCCCC)COC(=O)CCCCCCCCCCCCCCCCCCC/C=C\C/C=C\CCCCCCC. The smallest absolute Gasteiger partial charge is 0.306 e. The summed E-state index contributed by atoms with van der Waals surface area (Å²) in [6.45, 7) is 6.62. The zero-order valence-electron chi connectivity index (χ0n) is 52.2. The Morgan fingerprint density at radius 1 is 0.256 bits per heavy atom. The van der Waals surface area contributed by atoms with Crippen LogP contribution in [-0.4, -0.2) is 37.2 Å². The van der Waals surface area contributed by atoms with Gasteiger partial charge in [-0.15, -0.1) is 0 Å². The minimum Gasteiger partial charge on any atom is -0.462 e. The van der Waals surface area contributed by atoms with Gasteiger partial charge in [0.15, 0.2) is 6.10 Å². The summed E-state index contributed by atoms with van der Waals surface area (Å²) in [6, 6.07) is 0. The molecule has 78 heavy (non-hydrogen) atoms. The third-order valence-corrected chi connectivity index (χ3v) is 15.2. The number of hydrogen-bond acceptors (Lipinski definition) is 6. The van der Waals surface area contributed by atoms with Crippen molar-refractivity contribution in [3.05, 3.63) is 60.8 Å². The van der Waals surface area contributed by atoms with Gasteiger partial charge >= 0.3 is 17.9 Å². The molecular weight excluding hydrogens is 961 g/mol. The second-order valence-corrected chi connectivity index (χ2v) is 23.1. The van der Waals surface area contributed by atoms with E-state index >= 15 is 0 Å². The van der Waals surface area contributed by atoms with Crippen molar-refractivity contribution in [1.82, 2.24) is 0 Å². The normalized spacial score (nSPS) is 12.4. The van der Waals surface area contributed by atoms with Crippen LogP contribution in [0.15, 0.2) is 60.8 Å². The Morgan fingerprint density at radius 2 is 0.462 bits per heavy atom. The fraction of sp³-hybridized carbons (Fsp3) is 0.819. The molecule has 0 aliphatic heterocycles. The first-order valence-electron chi connectivity index (χ1n) is 34.3. The van der Waals surface area contributed by atoms with Gasteiger partial charge in [0.05, 0.1) is 0 Å². The molecular formula is C72H130O6. The molecule has 0 saturated carbocycles. The largest absolute Gasteiger partial charge is 0.462 e. The monoisotopic (exact) mass is 1090 g/mol. The van der Waals surface area contributed by atoms with E-state index in [2.05, 4.69) is 81.5 Å². The van der Waals surface area contributed by atoms with Gasteiger partial charge < -0.3 is 14.2 Å². The van der Waals surface area contributed by atoms with Gasteiger partial charge in [0.2, 0.25) is 0 Å². The van der Waals surface area contributed by atoms with Gasteiger partial charge in [0.1, 0.15) is 13.2 Å². The van der Waals surface area contributed by atoms with Crippen molar-refractivity contribution >= 4 is 17.9 Å². The molecule has 1 atom stereocenters. The lowest BCUT2D eigenvalue weighted by Gasteiger charge is -2.18. The second-order valence-electron chi connectivity index (χ2n) is 23.1. The van der Waals surface area contributed by atoms with E-state index in [1.54, 1.807) is 0 Å². The Labute approximate surface area is 485 Å². The van der Waals surface area contributed by atoms with Gasteiger partial charge in [0, 0.05) is 19.3 Å². The van der Waals surface area contributed by atoms with E-state index in [9.17, 15) is 14.4 Å². The molecule has 0 aromatic heterocycles. The molecule has 0 bridgehead atoms. The van der Waals surface area contributed by atoms with Crippen LogP contribution in [0.1, 0.15) is 361 Å². The van der Waals surface area contributed by atoms with Crippen LogP contribution >= 0.6 is 0 Å². The molecule has 454 valence electrons. The Hall–Kier alpha value is -2.89. The topological polar surface area (TPSA) is 78.9 Å². The molecule has 0 rings (SSSR count). The maximum Gasteiger partial charge on any atom is 0.306 e. The number of carbonyl (C=O) groups is 3. The van der Waals surface area contributed by atoms with Gasteiger partial charge in [-0.2, -0.15) is 0 Å². The summed E-state index contributed by atoms with van der Waals surface area (Å²) in [4.78, 5) is 38.3. The number of hydrogen-bond donors (Lipinski definition) is 0. The lowest BCUT2D eigenvalue weighted by molar-refractivity contribution is -0.167. The van der Waals surface area contributed by atoms with Crippen LogP contribution in [0.5, 0.6) is 0 Å². The predicted molar refractivity (Wildman–Crippen MR) is 339 cm³/mol. The minimum absolute atomic E-state index is 0.0754. The van der Waals surface area contributed by atoms with Gasteiger partial charge in [-0.3, -0.25) is 14.4 Å². The molecule has 6 nitrogen and oxygen atoms in total. The van der Waals surface area contributed by atoms with Crippen molar-refractivity contribution < 1.29 is 28.6 Å². The maximum absolute atomic E-state index is 12.9. The van der Waals surface area contributed by atoms with Gasteiger partial charge in [-0.1, -0.05) is 293 Å². The fourth-order valence-electron chi connectivity index (χ4n) is 10.0. The molecule has 0 aromatic carbocycles. The summed E-state index contributed by atoms with van der Waals surface area (Å²) in [5.74, 6) is -0.870. The predicted octanol–water partition coefficient (Wildman–Crippen LogP) is 23.5. The first kappa shape index (κ1) is 75.1. The minimum atomic E-state index is -0.779. The van der Waals surface area contributed by atoms with Crippen LogP contribution in [0.25, 0.3) is 0 Å². The van der Waals surface area contributed by atoms with Crippen LogP contribution in [0, 0.1) is 0 Å². The molecule has 0 amide bonds. The van der Waals surface area contributed by atoms with Crippen LogP contribution < -0.4 is 0 Å². The van der Waals surface area contributed by atoms with E-state index in [1.165, 1.54) is 244 Å². The molecule has 0 heterocycles. The molecule has 0 saturated heterocycles. The molecule has 0 aromatic rings. The fourth-order valence-corrected chi connectivity index (χ4v) is 10.0. The summed E-state index contributed by atoms with van der Waals surface area (Å²) in [6.07, 6.45) is 85.3. The molecule has 0 N–H and O–H groups in total. The van der Waals surface area contributed by atoms with Crippen molar-refractivity contribution in [3.63, 3.8) is 0 Å². The quantitative estimate of drug-likeness (QED) is 0.0261. The molecule has 6 heteroatoms. The van der Waals surface area contributed by atoms with E-state index < -0.39 is 6.10 Å². The van der Waals surface area contributed by atoms with Gasteiger partial charge in [-0.25, -0.2) is 0 Å². The van der Waals surface area contributed by atoms with Gasteiger partial charge in [0.25, 0.3) is 0 Å². The van der Waals surface area contributed by atoms with Crippen molar-refractivity contribution in [2.45, 2.75) is 367 Å². The third-order valence-electron chi connectivity index (χ3n) is 15.2. The Kier molecular flexibility index (Phi) is 64.2. The molecule has 0 spiro atoms. The zero-order chi connectivity index (χ0) is 56.4. The molecule has 0 aliphatic carbocycles. The Morgan fingerprint density at radius 3 is 0.744 bits per heavy atom. The molecule has 0 aliphatic rings. The lowest BCUT2D eigenvalue weighted by atomic mass is 10.0. The van der Waals surface area contributed by atoms with Crippen LogP contribution in [0.3, 0.4) is 0 Å². The second kappa shape index (κ2) is 66.6. The average Bonchev–Trinajstić information content (AvgIpc) is 3.44. The summed E-state index contributed by atoms with van der Waals surface area (Å²) in [5.41, 5.74) is 0. The Balaban J connectivity index is 4.19. The molecule has 0 fully saturated rings. The van der Waals surface area contributed by atoms with Crippen molar-refractivity contribution in [2.24, 2.45) is 0 Å². The highest BCUT2D eigenvalue weighted by molar-refractivity contribution is 5.71. The van der Waals surface area contributed by atoms with Crippen LogP contribution in [0.4, 0.5) is 0 Å². The first-order chi connectivity index (χ1) is 38.5. The lowest BCUT2D eigenvalue weighted by Crippen LogP contribution is -2.30.